The Kier molecular flexibility index (Phi) is 4.68. The number of halogens is 1. The molecular weight excluding hydrogens is 258 g/mol. The van der Waals surface area contributed by atoms with Crippen LogP contribution in [0, 0.1) is 17.2 Å². The Morgan fingerprint density at radius 3 is 2.84 bits per heavy atom. The minimum Gasteiger partial charge on any atom is -0.367 e. The Bertz CT molecular complexity index is 481. The van der Waals surface area contributed by atoms with Crippen molar-refractivity contribution >= 4 is 17.3 Å². The first kappa shape index (κ1) is 14.2. The second-order valence-electron chi connectivity index (χ2n) is 5.06. The van der Waals surface area contributed by atoms with Crippen LogP contribution in [0.25, 0.3) is 0 Å². The van der Waals surface area contributed by atoms with E-state index in [2.05, 4.69) is 17.9 Å². The first-order valence-electron chi connectivity index (χ1n) is 6.87. The summed E-state index contributed by atoms with van der Waals surface area (Å²) in [4.78, 5) is 2.34. The summed E-state index contributed by atoms with van der Waals surface area (Å²) in [6.45, 7) is 3.78. The maximum atomic E-state index is 8.90. The summed E-state index contributed by atoms with van der Waals surface area (Å²) < 4.78 is 0. The summed E-state index contributed by atoms with van der Waals surface area (Å²) in [5.41, 5.74) is 7.50. The van der Waals surface area contributed by atoms with E-state index in [-0.39, 0.29) is 0 Å². The summed E-state index contributed by atoms with van der Waals surface area (Å²) >= 11 is 6.33. The van der Waals surface area contributed by atoms with Gasteiger partial charge in [0, 0.05) is 12.6 Å². The summed E-state index contributed by atoms with van der Waals surface area (Å²) in [7, 11) is 0. The molecule has 102 valence electrons. The molecule has 0 bridgehead atoms. The van der Waals surface area contributed by atoms with E-state index < -0.39 is 0 Å². The van der Waals surface area contributed by atoms with E-state index in [1.165, 1.54) is 19.3 Å². The number of hydrogen-bond donors (Lipinski definition) is 1. The van der Waals surface area contributed by atoms with Crippen LogP contribution in [-0.4, -0.2) is 19.1 Å². The van der Waals surface area contributed by atoms with Crippen molar-refractivity contribution in [1.29, 1.82) is 5.26 Å². The van der Waals surface area contributed by atoms with Crippen molar-refractivity contribution < 1.29 is 0 Å². The zero-order valence-electron chi connectivity index (χ0n) is 11.3. The molecule has 0 heterocycles. The predicted molar refractivity (Wildman–Crippen MR) is 79.4 cm³/mol. The Morgan fingerprint density at radius 2 is 2.26 bits per heavy atom. The number of rotatable bonds is 4. The summed E-state index contributed by atoms with van der Waals surface area (Å²) in [6, 6.07) is 8.12. The number of hydrogen-bond acceptors (Lipinski definition) is 3. The van der Waals surface area contributed by atoms with E-state index in [1.54, 1.807) is 6.07 Å². The SMILES string of the molecule is CCN(c1ccc(C#N)cc1Cl)C1CCCC1CN. The lowest BCUT2D eigenvalue weighted by molar-refractivity contribution is 0.462. The van der Waals surface area contributed by atoms with E-state index in [1.807, 2.05) is 12.1 Å². The Balaban J connectivity index is 2.29. The molecule has 1 aromatic carbocycles. The summed E-state index contributed by atoms with van der Waals surface area (Å²) in [5.74, 6) is 0.548. The Labute approximate surface area is 120 Å². The lowest BCUT2D eigenvalue weighted by Crippen LogP contribution is -2.40. The highest BCUT2D eigenvalue weighted by molar-refractivity contribution is 6.33. The van der Waals surface area contributed by atoms with Gasteiger partial charge < -0.3 is 10.6 Å². The average Bonchev–Trinajstić information content (AvgIpc) is 2.89. The second kappa shape index (κ2) is 6.27. The van der Waals surface area contributed by atoms with Gasteiger partial charge in [-0.2, -0.15) is 5.26 Å². The van der Waals surface area contributed by atoms with Crippen LogP contribution in [0.2, 0.25) is 5.02 Å². The van der Waals surface area contributed by atoms with Gasteiger partial charge in [0.05, 0.1) is 22.3 Å². The van der Waals surface area contributed by atoms with Crippen molar-refractivity contribution in [2.45, 2.75) is 32.2 Å². The summed E-state index contributed by atoms with van der Waals surface area (Å²) in [6.07, 6.45) is 3.61. The van der Waals surface area contributed by atoms with Crippen molar-refractivity contribution in [3.63, 3.8) is 0 Å². The molecule has 1 aliphatic rings. The van der Waals surface area contributed by atoms with Crippen LogP contribution >= 0.6 is 11.6 Å². The lowest BCUT2D eigenvalue weighted by atomic mass is 10.0. The number of nitrogens with two attached hydrogens (primary N) is 1. The number of anilines is 1. The van der Waals surface area contributed by atoms with Crippen LogP contribution in [0.1, 0.15) is 31.7 Å². The van der Waals surface area contributed by atoms with E-state index in [9.17, 15) is 0 Å². The smallest absolute Gasteiger partial charge is 0.0992 e. The molecule has 19 heavy (non-hydrogen) atoms. The van der Waals surface area contributed by atoms with Crippen molar-refractivity contribution in [3.8, 4) is 6.07 Å². The van der Waals surface area contributed by atoms with Gasteiger partial charge in [0.1, 0.15) is 0 Å². The first-order chi connectivity index (χ1) is 9.21. The van der Waals surface area contributed by atoms with Gasteiger partial charge in [-0.15, -0.1) is 0 Å². The fourth-order valence-electron chi connectivity index (χ4n) is 3.10. The van der Waals surface area contributed by atoms with E-state index in [0.29, 0.717) is 22.5 Å². The first-order valence-corrected chi connectivity index (χ1v) is 7.25. The quantitative estimate of drug-likeness (QED) is 0.920. The van der Waals surface area contributed by atoms with Crippen LogP contribution in [0.4, 0.5) is 5.69 Å². The van der Waals surface area contributed by atoms with Crippen LogP contribution < -0.4 is 10.6 Å². The minimum absolute atomic E-state index is 0.473. The van der Waals surface area contributed by atoms with Crippen LogP contribution in [-0.2, 0) is 0 Å². The molecule has 0 amide bonds. The molecule has 0 saturated heterocycles. The molecule has 3 nitrogen and oxygen atoms in total. The summed E-state index contributed by atoms with van der Waals surface area (Å²) in [5, 5.41) is 9.56. The third-order valence-electron chi connectivity index (χ3n) is 4.05. The van der Waals surface area contributed by atoms with Crippen LogP contribution in [0.5, 0.6) is 0 Å². The highest BCUT2D eigenvalue weighted by atomic mass is 35.5. The fraction of sp³-hybridized carbons (Fsp3) is 0.533. The molecule has 0 radical (unpaired) electrons. The molecule has 2 atom stereocenters. The molecule has 1 saturated carbocycles. The molecule has 1 aromatic rings. The molecule has 4 heteroatoms. The molecule has 0 spiro atoms. The fourth-order valence-corrected chi connectivity index (χ4v) is 3.38. The van der Waals surface area contributed by atoms with Gasteiger partial charge in [-0.25, -0.2) is 0 Å². The van der Waals surface area contributed by atoms with Gasteiger partial charge in [0.25, 0.3) is 0 Å². The van der Waals surface area contributed by atoms with E-state index in [0.717, 1.165) is 18.8 Å². The topological polar surface area (TPSA) is 53.0 Å². The molecule has 0 aromatic heterocycles. The highest BCUT2D eigenvalue weighted by Gasteiger charge is 2.31. The number of nitriles is 1. The molecule has 2 N–H and O–H groups in total. The largest absolute Gasteiger partial charge is 0.367 e. The molecule has 1 aliphatic carbocycles. The van der Waals surface area contributed by atoms with Gasteiger partial charge in [0.2, 0.25) is 0 Å². The van der Waals surface area contributed by atoms with Crippen molar-refractivity contribution in [2.24, 2.45) is 11.7 Å². The van der Waals surface area contributed by atoms with E-state index >= 15 is 0 Å². The molecule has 2 rings (SSSR count). The van der Waals surface area contributed by atoms with Crippen molar-refractivity contribution in [2.75, 3.05) is 18.0 Å². The normalized spacial score (nSPS) is 22.2. The van der Waals surface area contributed by atoms with Crippen molar-refractivity contribution in [1.82, 2.24) is 0 Å². The Hall–Kier alpha value is -1.24. The average molecular weight is 278 g/mol. The van der Waals surface area contributed by atoms with Crippen molar-refractivity contribution in [3.05, 3.63) is 28.8 Å². The zero-order valence-corrected chi connectivity index (χ0v) is 12.0. The van der Waals surface area contributed by atoms with Gasteiger partial charge in [-0.3, -0.25) is 0 Å². The van der Waals surface area contributed by atoms with Gasteiger partial charge in [0.15, 0.2) is 0 Å². The number of nitrogens with zero attached hydrogens (tertiary/aromatic N) is 2. The molecular formula is C15H20ClN3. The lowest BCUT2D eigenvalue weighted by Gasteiger charge is -2.34. The molecule has 0 aliphatic heterocycles. The predicted octanol–water partition coefficient (Wildman–Crippen LogP) is 3.17. The van der Waals surface area contributed by atoms with Crippen LogP contribution in [0.15, 0.2) is 18.2 Å². The van der Waals surface area contributed by atoms with Gasteiger partial charge >= 0.3 is 0 Å². The van der Waals surface area contributed by atoms with Gasteiger partial charge in [-0.1, -0.05) is 18.0 Å². The van der Waals surface area contributed by atoms with Gasteiger partial charge in [-0.05, 0) is 50.4 Å². The molecule has 2 unspecified atom stereocenters. The van der Waals surface area contributed by atoms with E-state index in [4.69, 9.17) is 22.6 Å². The standard InChI is InChI=1S/C15H20ClN3/c1-2-19(14-5-3-4-12(14)10-18)15-7-6-11(9-17)8-13(15)16/h6-8,12,14H,2-5,10,18H2,1H3. The maximum absolute atomic E-state index is 8.90. The Morgan fingerprint density at radius 1 is 1.47 bits per heavy atom. The molecule has 1 fully saturated rings. The maximum Gasteiger partial charge on any atom is 0.0992 e. The highest BCUT2D eigenvalue weighted by Crippen LogP contribution is 2.35. The third kappa shape index (κ3) is 2.86. The second-order valence-corrected chi connectivity index (χ2v) is 5.47. The van der Waals surface area contributed by atoms with Crippen LogP contribution in [0.3, 0.4) is 0 Å². The monoisotopic (exact) mass is 277 g/mol. The third-order valence-corrected chi connectivity index (χ3v) is 4.35. The minimum atomic E-state index is 0.473. The number of benzene rings is 1. The zero-order chi connectivity index (χ0) is 13.8.